The highest BCUT2D eigenvalue weighted by molar-refractivity contribution is 7.17. The predicted molar refractivity (Wildman–Crippen MR) is 146 cm³/mol. The van der Waals surface area contributed by atoms with E-state index >= 15 is 0 Å². The standard InChI is InChI=1S/C29H26N2O8S/c1-5-38-28(36)25-15(3)30-29(40-25)31-22(16-6-8-17(9-7-16)27(35)37-4)21(24(33)26(31)34)23(32)18-10-11-20-19(13-18)12-14(2)39-20/h6-11,13-14,22,32H,5,12H2,1-4H3. The Labute approximate surface area is 233 Å². The third-order valence-corrected chi connectivity index (χ3v) is 7.85. The number of benzene rings is 2. The van der Waals surface area contributed by atoms with Crippen molar-refractivity contribution in [3.05, 3.63) is 80.9 Å². The smallest absolute Gasteiger partial charge is 0.350 e. The van der Waals surface area contributed by atoms with Crippen LogP contribution in [0.1, 0.15) is 62.3 Å². The third-order valence-electron chi connectivity index (χ3n) is 6.71. The number of carbonyl (C=O) groups excluding carboxylic acids is 4. The zero-order valence-corrected chi connectivity index (χ0v) is 23.0. The molecule has 40 heavy (non-hydrogen) atoms. The van der Waals surface area contributed by atoms with Gasteiger partial charge in [-0.05, 0) is 62.2 Å². The summed E-state index contributed by atoms with van der Waals surface area (Å²) in [5.41, 5.74) is 2.14. The molecule has 0 bridgehead atoms. The van der Waals surface area contributed by atoms with Crippen molar-refractivity contribution < 1.29 is 38.5 Å². The van der Waals surface area contributed by atoms with Gasteiger partial charge in [0.15, 0.2) is 5.13 Å². The van der Waals surface area contributed by atoms with E-state index in [0.29, 0.717) is 29.0 Å². The van der Waals surface area contributed by atoms with Gasteiger partial charge in [-0.15, -0.1) is 0 Å². The van der Waals surface area contributed by atoms with E-state index in [-0.39, 0.29) is 39.6 Å². The molecule has 10 nitrogen and oxygen atoms in total. The van der Waals surface area contributed by atoms with Crippen LogP contribution in [0.4, 0.5) is 5.13 Å². The van der Waals surface area contributed by atoms with Gasteiger partial charge >= 0.3 is 17.8 Å². The largest absolute Gasteiger partial charge is 0.507 e. The van der Waals surface area contributed by atoms with Gasteiger partial charge in [0.2, 0.25) is 0 Å². The van der Waals surface area contributed by atoms with Gasteiger partial charge in [-0.3, -0.25) is 14.5 Å². The van der Waals surface area contributed by atoms with E-state index in [0.717, 1.165) is 16.9 Å². The highest BCUT2D eigenvalue weighted by Gasteiger charge is 2.48. The first kappa shape index (κ1) is 27.1. The summed E-state index contributed by atoms with van der Waals surface area (Å²) in [5, 5.41) is 11.6. The molecule has 2 aliphatic heterocycles. The monoisotopic (exact) mass is 562 g/mol. The molecule has 1 amide bonds. The fourth-order valence-corrected chi connectivity index (χ4v) is 5.85. The maximum Gasteiger partial charge on any atom is 0.350 e. The minimum atomic E-state index is -1.09. The molecule has 1 aromatic heterocycles. The van der Waals surface area contributed by atoms with Crippen molar-refractivity contribution in [3.63, 3.8) is 0 Å². The number of nitrogens with zero attached hydrogens (tertiary/aromatic N) is 2. The molecule has 11 heteroatoms. The molecule has 206 valence electrons. The number of methoxy groups -OCH3 is 1. The van der Waals surface area contributed by atoms with Gasteiger partial charge in [0.25, 0.3) is 5.78 Å². The summed E-state index contributed by atoms with van der Waals surface area (Å²) in [5.74, 6) is -2.62. The van der Waals surface area contributed by atoms with E-state index in [1.54, 1.807) is 44.2 Å². The number of aliphatic hydroxyl groups excluding tert-OH is 1. The minimum absolute atomic E-state index is 0.0203. The Morgan fingerprint density at radius 1 is 1.12 bits per heavy atom. The number of aliphatic hydroxyl groups is 1. The maximum atomic E-state index is 13.5. The van der Waals surface area contributed by atoms with Gasteiger partial charge < -0.3 is 19.3 Å². The van der Waals surface area contributed by atoms with Crippen LogP contribution in [-0.2, 0) is 25.5 Å². The number of Topliss-reactive ketones (excluding diaryl/α,β-unsaturated/α-hetero) is 1. The van der Waals surface area contributed by atoms with Gasteiger partial charge in [-0.25, -0.2) is 14.6 Å². The fourth-order valence-electron chi connectivity index (χ4n) is 4.86. The number of fused-ring (bicyclic) bond motifs is 1. The second kappa shape index (κ2) is 10.6. The summed E-state index contributed by atoms with van der Waals surface area (Å²) in [6.45, 7) is 5.38. The highest BCUT2D eigenvalue weighted by atomic mass is 32.1. The van der Waals surface area contributed by atoms with Crippen LogP contribution in [0.3, 0.4) is 0 Å². The van der Waals surface area contributed by atoms with Crippen molar-refractivity contribution in [2.75, 3.05) is 18.6 Å². The highest BCUT2D eigenvalue weighted by Crippen LogP contribution is 2.44. The molecule has 2 atom stereocenters. The number of ketones is 1. The van der Waals surface area contributed by atoms with E-state index in [1.807, 2.05) is 6.92 Å². The Morgan fingerprint density at radius 2 is 1.82 bits per heavy atom. The first-order valence-corrected chi connectivity index (χ1v) is 13.4. The molecule has 0 aliphatic carbocycles. The SMILES string of the molecule is CCOC(=O)c1sc(N2C(=O)C(=O)C(=C(O)c3ccc4c(c3)CC(C)O4)C2c2ccc(C(=O)OC)cc2)nc1C. The summed E-state index contributed by atoms with van der Waals surface area (Å²) in [4.78, 5) is 57.3. The second-order valence-corrected chi connectivity index (χ2v) is 10.3. The summed E-state index contributed by atoms with van der Waals surface area (Å²) >= 11 is 0.919. The van der Waals surface area contributed by atoms with Gasteiger partial charge in [0.1, 0.15) is 22.5 Å². The number of anilines is 1. The summed E-state index contributed by atoms with van der Waals surface area (Å²) in [6, 6.07) is 10.2. The van der Waals surface area contributed by atoms with Crippen LogP contribution in [0.5, 0.6) is 5.75 Å². The number of ether oxygens (including phenoxy) is 3. The second-order valence-electron chi connectivity index (χ2n) is 9.37. The number of hydrogen-bond acceptors (Lipinski definition) is 10. The Kier molecular flexibility index (Phi) is 7.16. The lowest BCUT2D eigenvalue weighted by Gasteiger charge is -2.23. The van der Waals surface area contributed by atoms with Crippen molar-refractivity contribution in [2.45, 2.75) is 39.3 Å². The summed E-state index contributed by atoms with van der Waals surface area (Å²) < 4.78 is 15.6. The lowest BCUT2D eigenvalue weighted by molar-refractivity contribution is -0.132. The van der Waals surface area contributed by atoms with Gasteiger partial charge in [0, 0.05) is 12.0 Å². The number of rotatable bonds is 6. The lowest BCUT2D eigenvalue weighted by Crippen LogP contribution is -2.29. The Morgan fingerprint density at radius 3 is 2.50 bits per heavy atom. The van der Waals surface area contributed by atoms with Crippen LogP contribution >= 0.6 is 11.3 Å². The number of amides is 1. The molecule has 3 aromatic rings. The molecule has 5 rings (SSSR count). The van der Waals surface area contributed by atoms with E-state index in [4.69, 9.17) is 14.2 Å². The van der Waals surface area contributed by atoms with Crippen LogP contribution in [0, 0.1) is 6.92 Å². The van der Waals surface area contributed by atoms with Crippen molar-refractivity contribution in [1.82, 2.24) is 4.98 Å². The van der Waals surface area contributed by atoms with Gasteiger partial charge in [-0.1, -0.05) is 23.5 Å². The Balaban J connectivity index is 1.66. The molecule has 1 saturated heterocycles. The molecular formula is C29H26N2O8S. The van der Waals surface area contributed by atoms with Crippen LogP contribution in [0.15, 0.2) is 48.0 Å². The molecule has 3 heterocycles. The number of hydrogen-bond donors (Lipinski definition) is 1. The van der Waals surface area contributed by atoms with Crippen molar-refractivity contribution >= 4 is 45.9 Å². The van der Waals surface area contributed by atoms with E-state index < -0.39 is 29.7 Å². The number of thiazole rings is 1. The normalized spacial score (nSPS) is 19.4. The van der Waals surface area contributed by atoms with E-state index in [9.17, 15) is 24.3 Å². The molecule has 2 unspecified atom stereocenters. The van der Waals surface area contributed by atoms with Crippen LogP contribution in [0.25, 0.3) is 5.76 Å². The Bertz CT molecular complexity index is 1570. The zero-order valence-electron chi connectivity index (χ0n) is 22.2. The van der Waals surface area contributed by atoms with Crippen molar-refractivity contribution in [3.8, 4) is 5.75 Å². The number of aryl methyl sites for hydroxylation is 1. The minimum Gasteiger partial charge on any atom is -0.507 e. The van der Waals surface area contributed by atoms with Crippen molar-refractivity contribution in [1.29, 1.82) is 0 Å². The molecule has 0 spiro atoms. The van der Waals surface area contributed by atoms with E-state index in [1.165, 1.54) is 24.1 Å². The quantitative estimate of drug-likeness (QED) is 0.201. The average Bonchev–Trinajstić information content (AvgIpc) is 3.59. The average molecular weight is 563 g/mol. The number of aromatic nitrogens is 1. The molecule has 1 fully saturated rings. The van der Waals surface area contributed by atoms with Crippen LogP contribution in [-0.4, -0.2) is 53.5 Å². The fraction of sp³-hybridized carbons (Fsp3) is 0.276. The topological polar surface area (TPSA) is 132 Å². The van der Waals surface area contributed by atoms with Crippen LogP contribution < -0.4 is 9.64 Å². The predicted octanol–water partition coefficient (Wildman–Crippen LogP) is 4.36. The first-order valence-electron chi connectivity index (χ1n) is 12.6. The van der Waals surface area contributed by atoms with Crippen LogP contribution in [0.2, 0.25) is 0 Å². The molecule has 2 aliphatic rings. The molecule has 0 saturated carbocycles. The Hall–Kier alpha value is -4.51. The lowest BCUT2D eigenvalue weighted by atomic mass is 9.94. The molecular weight excluding hydrogens is 536 g/mol. The number of carbonyl (C=O) groups is 4. The zero-order chi connectivity index (χ0) is 28.7. The summed E-state index contributed by atoms with van der Waals surface area (Å²) in [7, 11) is 1.26. The van der Waals surface area contributed by atoms with Crippen molar-refractivity contribution in [2.24, 2.45) is 0 Å². The first-order chi connectivity index (χ1) is 19.1. The molecule has 1 N–H and O–H groups in total. The van der Waals surface area contributed by atoms with Gasteiger partial charge in [-0.2, -0.15) is 0 Å². The molecule has 2 aromatic carbocycles. The maximum absolute atomic E-state index is 13.5. The summed E-state index contributed by atoms with van der Waals surface area (Å²) in [6.07, 6.45) is 0.617. The third kappa shape index (κ3) is 4.62. The van der Waals surface area contributed by atoms with Gasteiger partial charge in [0.05, 0.1) is 36.6 Å². The molecule has 0 radical (unpaired) electrons. The van der Waals surface area contributed by atoms with E-state index in [2.05, 4.69) is 4.98 Å². The number of esters is 2.